The number of benzene rings is 1. The third-order valence-corrected chi connectivity index (χ3v) is 8.11. The fraction of sp³-hybridized carbons (Fsp3) is 0.381. The molecule has 3 aliphatic rings. The zero-order chi connectivity index (χ0) is 20.9. The van der Waals surface area contributed by atoms with Gasteiger partial charge >= 0.3 is 0 Å². The zero-order valence-corrected chi connectivity index (χ0v) is 18.7. The molecule has 4 heterocycles. The summed E-state index contributed by atoms with van der Waals surface area (Å²) in [7, 11) is 0. The van der Waals surface area contributed by atoms with Crippen LogP contribution in [0.3, 0.4) is 0 Å². The van der Waals surface area contributed by atoms with Gasteiger partial charge in [0.1, 0.15) is 11.2 Å². The lowest BCUT2D eigenvalue weighted by Crippen LogP contribution is -2.40. The second-order valence-corrected chi connectivity index (χ2v) is 10.1. The number of nitrogens with one attached hydrogen (secondary N) is 3. The number of hydrogen-bond acceptors (Lipinski definition) is 8. The van der Waals surface area contributed by atoms with E-state index >= 15 is 0 Å². The predicted molar refractivity (Wildman–Crippen MR) is 123 cm³/mol. The van der Waals surface area contributed by atoms with E-state index in [0.29, 0.717) is 0 Å². The summed E-state index contributed by atoms with van der Waals surface area (Å²) in [6, 6.07) is 9.52. The molecule has 0 spiro atoms. The molecule has 1 aliphatic carbocycles. The summed E-state index contributed by atoms with van der Waals surface area (Å²) in [5.74, 6) is 1.00. The average molecular weight is 454 g/mol. The Morgan fingerprint density at radius 3 is 2.97 bits per heavy atom. The SMILES string of the molecule is CC1NC2c3c(sc4c3CCCC4)-n3c(SCC(=O)Nc4ccccc4)nnc3N2N1. The van der Waals surface area contributed by atoms with Crippen molar-refractivity contribution in [1.29, 1.82) is 0 Å². The van der Waals surface area contributed by atoms with Gasteiger partial charge in [0, 0.05) is 16.1 Å². The second kappa shape index (κ2) is 7.63. The Kier molecular flexibility index (Phi) is 4.75. The molecule has 2 aromatic heterocycles. The number of thioether (sulfide) groups is 1. The fourth-order valence-electron chi connectivity index (χ4n) is 4.58. The minimum Gasteiger partial charge on any atom is -0.325 e. The van der Waals surface area contributed by atoms with Crippen LogP contribution in [0, 0.1) is 0 Å². The minimum absolute atomic E-state index is 0.0532. The second-order valence-electron chi connectivity index (χ2n) is 8.04. The summed E-state index contributed by atoms with van der Waals surface area (Å²) in [5, 5.41) is 19.6. The summed E-state index contributed by atoms with van der Waals surface area (Å²) >= 11 is 3.28. The molecule has 3 aromatic rings. The van der Waals surface area contributed by atoms with E-state index in [4.69, 9.17) is 0 Å². The number of amides is 1. The van der Waals surface area contributed by atoms with Crippen molar-refractivity contribution in [2.75, 3.05) is 16.1 Å². The Morgan fingerprint density at radius 2 is 2.10 bits per heavy atom. The minimum atomic E-state index is -0.0532. The van der Waals surface area contributed by atoms with Crippen LogP contribution in [0.2, 0.25) is 0 Å². The van der Waals surface area contributed by atoms with E-state index in [-0.39, 0.29) is 24.0 Å². The van der Waals surface area contributed by atoms with Crippen LogP contribution in [0.4, 0.5) is 11.6 Å². The standard InChI is InChI=1S/C21H23N7OS2/c1-12-22-18-17-14-9-5-6-10-15(14)31-19(17)27-20(28(18)26-12)24-25-21(27)30-11-16(29)23-13-7-3-2-4-8-13/h2-4,7-8,12,18,22,26H,5-6,9-11H2,1H3,(H,23,29). The molecule has 0 radical (unpaired) electrons. The molecule has 31 heavy (non-hydrogen) atoms. The summed E-state index contributed by atoms with van der Waals surface area (Å²) in [6.07, 6.45) is 4.97. The number of aromatic nitrogens is 3. The third kappa shape index (κ3) is 3.25. The number of carbonyl (C=O) groups is 1. The molecule has 2 atom stereocenters. The van der Waals surface area contributed by atoms with Crippen molar-refractivity contribution in [1.82, 2.24) is 25.5 Å². The lowest BCUT2D eigenvalue weighted by molar-refractivity contribution is -0.113. The van der Waals surface area contributed by atoms with Gasteiger partial charge in [-0.25, -0.2) is 9.99 Å². The predicted octanol–water partition coefficient (Wildman–Crippen LogP) is 3.21. The number of para-hydroxylation sites is 1. The first-order chi connectivity index (χ1) is 15.2. The largest absolute Gasteiger partial charge is 0.325 e. The Labute approximate surface area is 188 Å². The number of nitrogens with zero attached hydrogens (tertiary/aromatic N) is 4. The van der Waals surface area contributed by atoms with Crippen molar-refractivity contribution in [2.24, 2.45) is 0 Å². The highest BCUT2D eigenvalue weighted by Gasteiger charge is 2.43. The van der Waals surface area contributed by atoms with Crippen LogP contribution in [0.5, 0.6) is 0 Å². The van der Waals surface area contributed by atoms with Crippen molar-refractivity contribution in [3.8, 4) is 5.00 Å². The van der Waals surface area contributed by atoms with Crippen LogP contribution in [0.1, 0.15) is 41.9 Å². The zero-order valence-electron chi connectivity index (χ0n) is 17.1. The number of thiophene rings is 1. The molecule has 8 nitrogen and oxygen atoms in total. The molecule has 2 aliphatic heterocycles. The lowest BCUT2D eigenvalue weighted by Gasteiger charge is -2.31. The van der Waals surface area contributed by atoms with E-state index in [2.05, 4.69) is 42.8 Å². The number of anilines is 2. The summed E-state index contributed by atoms with van der Waals surface area (Å²) in [5.41, 5.74) is 7.11. The first-order valence-corrected chi connectivity index (χ1v) is 12.4. The molecule has 1 fully saturated rings. The van der Waals surface area contributed by atoms with Crippen LogP contribution in [0.15, 0.2) is 35.5 Å². The third-order valence-electron chi connectivity index (χ3n) is 5.89. The van der Waals surface area contributed by atoms with Crippen molar-refractivity contribution in [3.05, 3.63) is 46.3 Å². The van der Waals surface area contributed by atoms with Crippen LogP contribution in [0.25, 0.3) is 5.00 Å². The monoisotopic (exact) mass is 453 g/mol. The van der Waals surface area contributed by atoms with Gasteiger partial charge in [-0.1, -0.05) is 30.0 Å². The molecule has 160 valence electrons. The van der Waals surface area contributed by atoms with Gasteiger partial charge in [-0.3, -0.25) is 15.1 Å². The van der Waals surface area contributed by atoms with Gasteiger partial charge < -0.3 is 5.32 Å². The molecule has 0 bridgehead atoms. The Bertz CT molecular complexity index is 1140. The van der Waals surface area contributed by atoms with E-state index in [1.807, 2.05) is 41.7 Å². The van der Waals surface area contributed by atoms with E-state index in [0.717, 1.165) is 29.6 Å². The molecular formula is C21H23N7OS2. The van der Waals surface area contributed by atoms with Gasteiger partial charge in [-0.05, 0) is 50.3 Å². The maximum Gasteiger partial charge on any atom is 0.249 e. The molecule has 6 rings (SSSR count). The number of carbonyl (C=O) groups excluding carboxylic acids is 1. The van der Waals surface area contributed by atoms with Gasteiger partial charge in [-0.15, -0.1) is 21.5 Å². The fourth-order valence-corrected chi connectivity index (χ4v) is 6.79. The highest BCUT2D eigenvalue weighted by molar-refractivity contribution is 7.99. The summed E-state index contributed by atoms with van der Waals surface area (Å²) < 4.78 is 2.13. The van der Waals surface area contributed by atoms with E-state index < -0.39 is 0 Å². The van der Waals surface area contributed by atoms with Crippen LogP contribution in [-0.2, 0) is 17.6 Å². The Balaban J connectivity index is 1.32. The molecule has 1 amide bonds. The van der Waals surface area contributed by atoms with Crippen LogP contribution >= 0.6 is 23.1 Å². The molecule has 2 unspecified atom stereocenters. The van der Waals surface area contributed by atoms with Crippen LogP contribution < -0.4 is 21.1 Å². The molecule has 1 aromatic carbocycles. The van der Waals surface area contributed by atoms with E-state index in [9.17, 15) is 4.79 Å². The van der Waals surface area contributed by atoms with Crippen molar-refractivity contribution < 1.29 is 4.79 Å². The van der Waals surface area contributed by atoms with Gasteiger partial charge in [-0.2, -0.15) is 0 Å². The first kappa shape index (κ1) is 19.3. The summed E-state index contributed by atoms with van der Waals surface area (Å²) in [6.45, 7) is 2.11. The van der Waals surface area contributed by atoms with Gasteiger partial charge in [0.2, 0.25) is 11.9 Å². The molecule has 3 N–H and O–H groups in total. The molecule has 0 saturated carbocycles. The van der Waals surface area contributed by atoms with Gasteiger partial charge in [0.25, 0.3) is 0 Å². The highest BCUT2D eigenvalue weighted by atomic mass is 32.2. The first-order valence-electron chi connectivity index (χ1n) is 10.6. The maximum atomic E-state index is 12.5. The normalized spacial score (nSPS) is 21.3. The lowest BCUT2D eigenvalue weighted by atomic mass is 9.94. The Morgan fingerprint density at radius 1 is 1.26 bits per heavy atom. The number of fused-ring (bicyclic) bond motifs is 8. The van der Waals surface area contributed by atoms with E-state index in [1.165, 1.54) is 45.6 Å². The van der Waals surface area contributed by atoms with Crippen LogP contribution in [-0.4, -0.2) is 32.6 Å². The van der Waals surface area contributed by atoms with Crippen molar-refractivity contribution in [2.45, 2.75) is 50.1 Å². The maximum absolute atomic E-state index is 12.5. The Hall–Kier alpha value is -2.40. The number of rotatable bonds is 4. The van der Waals surface area contributed by atoms with Crippen molar-refractivity contribution >= 4 is 40.6 Å². The smallest absolute Gasteiger partial charge is 0.249 e. The number of hydrogen-bond donors (Lipinski definition) is 3. The topological polar surface area (TPSA) is 87.1 Å². The van der Waals surface area contributed by atoms with E-state index in [1.54, 1.807) is 0 Å². The number of hydrazine groups is 1. The van der Waals surface area contributed by atoms with Gasteiger partial charge in [0.15, 0.2) is 5.16 Å². The average Bonchev–Trinajstić information content (AvgIpc) is 3.46. The van der Waals surface area contributed by atoms with Crippen molar-refractivity contribution in [3.63, 3.8) is 0 Å². The summed E-state index contributed by atoms with van der Waals surface area (Å²) in [4.78, 5) is 14.0. The quantitative estimate of drug-likeness (QED) is 0.523. The molecular weight excluding hydrogens is 430 g/mol. The molecule has 10 heteroatoms. The molecule has 1 saturated heterocycles. The number of aryl methyl sites for hydroxylation is 1. The highest BCUT2D eigenvalue weighted by Crippen LogP contribution is 2.48. The van der Waals surface area contributed by atoms with Gasteiger partial charge in [0.05, 0.1) is 11.9 Å².